The van der Waals surface area contributed by atoms with Crippen LogP contribution in [-0.4, -0.2) is 86.8 Å². The maximum absolute atomic E-state index is 9.99. The Morgan fingerprint density at radius 1 is 1.04 bits per heavy atom. The summed E-state index contributed by atoms with van der Waals surface area (Å²) in [5.74, 6) is 10.2. The highest BCUT2D eigenvalue weighted by atomic mass is 16.7. The van der Waals surface area contributed by atoms with E-state index in [9.17, 15) is 25.5 Å². The highest BCUT2D eigenvalue weighted by Crippen LogP contribution is 2.23. The van der Waals surface area contributed by atoms with Crippen molar-refractivity contribution in [3.05, 3.63) is 37.0 Å². The van der Waals surface area contributed by atoms with Gasteiger partial charge >= 0.3 is 0 Å². The molecule has 1 aliphatic rings. The van der Waals surface area contributed by atoms with Crippen molar-refractivity contribution in [3.8, 4) is 23.7 Å². The minimum atomic E-state index is -1.59. The van der Waals surface area contributed by atoms with Gasteiger partial charge in [-0.25, -0.2) is 0 Å². The third-order valence-electron chi connectivity index (χ3n) is 3.60. The van der Waals surface area contributed by atoms with Gasteiger partial charge in [-0.05, 0) is 30.1 Å². The molecule has 1 aliphatic heterocycles. The van der Waals surface area contributed by atoms with Crippen LogP contribution in [0.4, 0.5) is 0 Å². The summed E-state index contributed by atoms with van der Waals surface area (Å²) in [5, 5.41) is 57.2. The standard InChI is InChI=1S/C19H24O8/c1-2-13(22)14(10-8-6-4-3-5-7-9-11-20)26-19-18(25)17(24)16(23)15(12-21)27-19/h2,7-10,13-25H,1,11-12H2/b9-7+,10-8+/t13-,14+,15+,16+,17-,18+,19+/m0/s1. The summed E-state index contributed by atoms with van der Waals surface area (Å²) >= 11 is 0. The lowest BCUT2D eigenvalue weighted by Gasteiger charge is -2.40. The van der Waals surface area contributed by atoms with Crippen LogP contribution in [-0.2, 0) is 9.47 Å². The van der Waals surface area contributed by atoms with Crippen LogP contribution in [0, 0.1) is 23.7 Å². The quantitative estimate of drug-likeness (QED) is 0.217. The molecule has 8 nitrogen and oxygen atoms in total. The minimum Gasteiger partial charge on any atom is -0.394 e. The minimum absolute atomic E-state index is 0.113. The van der Waals surface area contributed by atoms with Crippen molar-refractivity contribution >= 4 is 0 Å². The first kappa shape index (κ1) is 23.1. The van der Waals surface area contributed by atoms with E-state index in [-0.39, 0.29) is 6.61 Å². The van der Waals surface area contributed by atoms with Crippen LogP contribution in [0.5, 0.6) is 0 Å². The molecular weight excluding hydrogens is 356 g/mol. The molecule has 0 bridgehead atoms. The van der Waals surface area contributed by atoms with Gasteiger partial charge in [0.1, 0.15) is 36.6 Å². The first-order chi connectivity index (χ1) is 13.0. The van der Waals surface area contributed by atoms with Gasteiger partial charge in [0.25, 0.3) is 0 Å². The molecule has 6 N–H and O–H groups in total. The zero-order valence-corrected chi connectivity index (χ0v) is 14.5. The molecule has 148 valence electrons. The molecule has 1 rings (SSSR count). The molecule has 8 heteroatoms. The van der Waals surface area contributed by atoms with Crippen molar-refractivity contribution < 1.29 is 40.1 Å². The number of aliphatic hydroxyl groups excluding tert-OH is 6. The van der Waals surface area contributed by atoms with Gasteiger partial charge in [-0.15, -0.1) is 6.58 Å². The Kier molecular flexibility index (Phi) is 10.6. The highest BCUT2D eigenvalue weighted by molar-refractivity contribution is 5.34. The Bertz CT molecular complexity index is 634. The molecule has 0 aromatic heterocycles. The molecule has 0 aliphatic carbocycles. The smallest absolute Gasteiger partial charge is 0.187 e. The topological polar surface area (TPSA) is 140 Å². The number of hydrogen-bond donors (Lipinski definition) is 6. The summed E-state index contributed by atoms with van der Waals surface area (Å²) in [6.07, 6.45) is -2.56. The van der Waals surface area contributed by atoms with E-state index in [0.717, 1.165) is 0 Å². The van der Waals surface area contributed by atoms with Crippen molar-refractivity contribution in [2.75, 3.05) is 13.2 Å². The molecule has 0 aromatic rings. The molecule has 1 saturated heterocycles. The van der Waals surface area contributed by atoms with Crippen LogP contribution < -0.4 is 0 Å². The molecule has 0 aromatic carbocycles. The zero-order valence-electron chi connectivity index (χ0n) is 14.5. The molecule has 0 saturated carbocycles. The van der Waals surface area contributed by atoms with Gasteiger partial charge in [0.15, 0.2) is 6.29 Å². The molecule has 1 heterocycles. The Labute approximate surface area is 157 Å². The summed E-state index contributed by atoms with van der Waals surface area (Å²) in [6.45, 7) is 2.75. The predicted molar refractivity (Wildman–Crippen MR) is 95.8 cm³/mol. The van der Waals surface area contributed by atoms with Crippen molar-refractivity contribution in [2.45, 2.75) is 42.9 Å². The lowest BCUT2D eigenvalue weighted by molar-refractivity contribution is -0.311. The number of hydrogen-bond acceptors (Lipinski definition) is 8. The zero-order chi connectivity index (χ0) is 20.2. The Hall–Kier alpha value is -1.98. The fourth-order valence-corrected chi connectivity index (χ4v) is 2.12. The molecule has 0 unspecified atom stereocenters. The number of aliphatic hydroxyl groups is 6. The van der Waals surface area contributed by atoms with Crippen molar-refractivity contribution in [3.63, 3.8) is 0 Å². The fraction of sp³-hybridized carbons (Fsp3) is 0.474. The number of ether oxygens (including phenoxy) is 2. The van der Waals surface area contributed by atoms with Gasteiger partial charge in [0.2, 0.25) is 0 Å². The second kappa shape index (κ2) is 12.4. The van der Waals surface area contributed by atoms with Crippen LogP contribution in [0.25, 0.3) is 0 Å². The monoisotopic (exact) mass is 380 g/mol. The van der Waals surface area contributed by atoms with E-state index < -0.39 is 49.5 Å². The van der Waals surface area contributed by atoms with Crippen LogP contribution in [0.3, 0.4) is 0 Å². The molecule has 0 radical (unpaired) electrons. The number of rotatable bonds is 7. The molecule has 1 fully saturated rings. The summed E-state index contributed by atoms with van der Waals surface area (Å²) in [5.41, 5.74) is 0. The lowest BCUT2D eigenvalue weighted by atomic mass is 9.99. The molecule has 7 atom stereocenters. The second-order valence-corrected chi connectivity index (χ2v) is 5.51. The van der Waals surface area contributed by atoms with E-state index in [1.807, 2.05) is 0 Å². The summed E-state index contributed by atoms with van der Waals surface area (Å²) in [6, 6.07) is 0. The highest BCUT2D eigenvalue weighted by Gasteiger charge is 2.45. The van der Waals surface area contributed by atoms with E-state index in [1.54, 1.807) is 0 Å². The van der Waals surface area contributed by atoms with E-state index in [0.29, 0.717) is 0 Å². The van der Waals surface area contributed by atoms with E-state index in [4.69, 9.17) is 14.6 Å². The van der Waals surface area contributed by atoms with E-state index in [1.165, 1.54) is 30.4 Å². The average Bonchev–Trinajstić information content (AvgIpc) is 2.68. The Balaban J connectivity index is 2.81. The third-order valence-corrected chi connectivity index (χ3v) is 3.60. The predicted octanol–water partition coefficient (Wildman–Crippen LogP) is -2.17. The van der Waals surface area contributed by atoms with Gasteiger partial charge in [-0.3, -0.25) is 0 Å². The third kappa shape index (κ3) is 7.27. The number of allylic oxidation sites excluding steroid dienone is 2. The van der Waals surface area contributed by atoms with E-state index in [2.05, 4.69) is 30.3 Å². The molecule has 27 heavy (non-hydrogen) atoms. The van der Waals surface area contributed by atoms with Crippen molar-refractivity contribution in [2.24, 2.45) is 0 Å². The van der Waals surface area contributed by atoms with Gasteiger partial charge in [0.05, 0.1) is 13.2 Å². The molecule has 0 spiro atoms. The maximum Gasteiger partial charge on any atom is 0.187 e. The van der Waals surface area contributed by atoms with Crippen LogP contribution in [0.1, 0.15) is 0 Å². The second-order valence-electron chi connectivity index (χ2n) is 5.51. The summed E-state index contributed by atoms with van der Waals surface area (Å²) < 4.78 is 10.7. The lowest BCUT2D eigenvalue weighted by Crippen LogP contribution is -2.60. The summed E-state index contributed by atoms with van der Waals surface area (Å²) in [7, 11) is 0. The van der Waals surface area contributed by atoms with Crippen LogP contribution in [0.2, 0.25) is 0 Å². The van der Waals surface area contributed by atoms with Crippen molar-refractivity contribution in [1.29, 1.82) is 0 Å². The van der Waals surface area contributed by atoms with Gasteiger partial charge in [-0.2, -0.15) is 0 Å². The first-order valence-corrected chi connectivity index (χ1v) is 8.16. The van der Waals surface area contributed by atoms with Gasteiger partial charge in [0, 0.05) is 0 Å². The molecule has 0 amide bonds. The van der Waals surface area contributed by atoms with E-state index >= 15 is 0 Å². The van der Waals surface area contributed by atoms with Crippen molar-refractivity contribution in [1.82, 2.24) is 0 Å². The van der Waals surface area contributed by atoms with Gasteiger partial charge < -0.3 is 40.1 Å². The normalized spacial score (nSPS) is 30.2. The Morgan fingerprint density at radius 2 is 1.70 bits per heavy atom. The maximum atomic E-state index is 9.99. The van der Waals surface area contributed by atoms with Gasteiger partial charge in [-0.1, -0.05) is 24.0 Å². The SMILES string of the molecule is C=C[C@H](O)[C@@H](/C=C/C#CC#C/C=C/CO)O[C@@H]1O[C@H](CO)[C@@H](O)[C@H](O)[C@H]1O. The fourth-order valence-electron chi connectivity index (χ4n) is 2.12. The van der Waals surface area contributed by atoms with Crippen LogP contribution in [0.15, 0.2) is 37.0 Å². The van der Waals surface area contributed by atoms with Crippen LogP contribution >= 0.6 is 0 Å². The molecular formula is C19H24O8. The first-order valence-electron chi connectivity index (χ1n) is 8.16. The Morgan fingerprint density at radius 3 is 2.30 bits per heavy atom. The summed E-state index contributed by atoms with van der Waals surface area (Å²) in [4.78, 5) is 0. The largest absolute Gasteiger partial charge is 0.394 e. The average molecular weight is 380 g/mol.